The van der Waals surface area contributed by atoms with E-state index in [1.807, 2.05) is 11.9 Å². The molecule has 0 spiro atoms. The first-order valence-electron chi connectivity index (χ1n) is 5.44. The zero-order valence-corrected chi connectivity index (χ0v) is 9.52. The third-order valence-corrected chi connectivity index (χ3v) is 3.06. The lowest BCUT2D eigenvalue weighted by Gasteiger charge is -2.33. The van der Waals surface area contributed by atoms with E-state index >= 15 is 0 Å². The van der Waals surface area contributed by atoms with Crippen LogP contribution in [0.15, 0.2) is 18.2 Å². The van der Waals surface area contributed by atoms with Gasteiger partial charge in [0.25, 0.3) is 5.69 Å². The van der Waals surface area contributed by atoms with Crippen LogP contribution < -0.4 is 5.32 Å². The minimum Gasteiger partial charge on any atom is -0.314 e. The van der Waals surface area contributed by atoms with Gasteiger partial charge in [-0.15, -0.1) is 0 Å². The maximum Gasteiger partial charge on any atom is 0.269 e. The summed E-state index contributed by atoms with van der Waals surface area (Å²) in [7, 11) is 1.89. The summed E-state index contributed by atoms with van der Waals surface area (Å²) < 4.78 is 13.7. The van der Waals surface area contributed by atoms with Crippen LogP contribution in [0.4, 0.5) is 10.1 Å². The Morgan fingerprint density at radius 2 is 2.35 bits per heavy atom. The second-order valence-electron chi connectivity index (χ2n) is 4.16. The van der Waals surface area contributed by atoms with Crippen molar-refractivity contribution in [3.8, 4) is 0 Å². The Balaban J connectivity index is 2.35. The number of non-ortho nitro benzene ring substituents is 1. The first-order chi connectivity index (χ1) is 8.09. The van der Waals surface area contributed by atoms with E-state index in [0.29, 0.717) is 12.1 Å². The molecule has 5 nitrogen and oxygen atoms in total. The van der Waals surface area contributed by atoms with Crippen molar-refractivity contribution in [2.45, 2.75) is 6.04 Å². The van der Waals surface area contributed by atoms with Gasteiger partial charge in [-0.2, -0.15) is 0 Å². The number of nitro benzene ring substituents is 1. The monoisotopic (exact) mass is 239 g/mol. The van der Waals surface area contributed by atoms with Crippen LogP contribution >= 0.6 is 0 Å². The van der Waals surface area contributed by atoms with Gasteiger partial charge in [-0.25, -0.2) is 4.39 Å². The first-order valence-corrected chi connectivity index (χ1v) is 5.44. The van der Waals surface area contributed by atoms with Crippen molar-refractivity contribution < 1.29 is 9.31 Å². The molecule has 1 aliphatic heterocycles. The number of piperazine rings is 1. The van der Waals surface area contributed by atoms with Crippen LogP contribution in [0, 0.1) is 15.9 Å². The summed E-state index contributed by atoms with van der Waals surface area (Å²) in [5, 5.41) is 13.8. The molecule has 1 aliphatic rings. The van der Waals surface area contributed by atoms with Gasteiger partial charge in [0.15, 0.2) is 0 Å². The molecule has 0 aromatic heterocycles. The lowest BCUT2D eigenvalue weighted by Crippen LogP contribution is -2.44. The Kier molecular flexibility index (Phi) is 3.35. The number of benzene rings is 1. The van der Waals surface area contributed by atoms with Crippen LogP contribution in [0.3, 0.4) is 0 Å². The van der Waals surface area contributed by atoms with Crippen molar-refractivity contribution >= 4 is 5.69 Å². The number of likely N-dealkylation sites (N-methyl/N-ethyl adjacent to an activating group) is 1. The summed E-state index contributed by atoms with van der Waals surface area (Å²) in [6.45, 7) is 2.25. The van der Waals surface area contributed by atoms with Crippen molar-refractivity contribution in [1.29, 1.82) is 0 Å². The van der Waals surface area contributed by atoms with Crippen molar-refractivity contribution in [2.75, 3.05) is 26.7 Å². The Hall–Kier alpha value is -1.53. The Morgan fingerprint density at radius 1 is 1.59 bits per heavy atom. The molecular weight excluding hydrogens is 225 g/mol. The fraction of sp³-hybridized carbons (Fsp3) is 0.455. The second kappa shape index (κ2) is 4.77. The van der Waals surface area contributed by atoms with Gasteiger partial charge in [-0.05, 0) is 13.1 Å². The Labute approximate surface area is 98.4 Å². The topological polar surface area (TPSA) is 58.4 Å². The van der Waals surface area contributed by atoms with Gasteiger partial charge in [0.2, 0.25) is 0 Å². The van der Waals surface area contributed by atoms with Crippen LogP contribution in [0.2, 0.25) is 0 Å². The number of hydrogen-bond donors (Lipinski definition) is 1. The van der Waals surface area contributed by atoms with Gasteiger partial charge in [0.05, 0.1) is 11.0 Å². The summed E-state index contributed by atoms with van der Waals surface area (Å²) >= 11 is 0. The molecule has 0 saturated carbocycles. The maximum atomic E-state index is 13.7. The van der Waals surface area contributed by atoms with E-state index in [1.165, 1.54) is 12.1 Å². The fourth-order valence-corrected chi connectivity index (χ4v) is 2.05. The minimum absolute atomic E-state index is 0.0691. The molecule has 6 heteroatoms. The van der Waals surface area contributed by atoms with Crippen LogP contribution in [-0.4, -0.2) is 36.5 Å². The average Bonchev–Trinajstić information content (AvgIpc) is 2.30. The van der Waals surface area contributed by atoms with E-state index in [2.05, 4.69) is 5.32 Å². The van der Waals surface area contributed by atoms with Crippen molar-refractivity contribution in [3.05, 3.63) is 39.7 Å². The molecule has 0 radical (unpaired) electrons. The summed E-state index contributed by atoms with van der Waals surface area (Å²) in [6, 6.07) is 3.53. The Bertz CT molecular complexity index is 439. The molecule has 0 bridgehead atoms. The van der Waals surface area contributed by atoms with E-state index in [-0.39, 0.29) is 11.7 Å². The highest BCUT2D eigenvalue weighted by Gasteiger charge is 2.24. The molecular formula is C11H14FN3O2. The largest absolute Gasteiger partial charge is 0.314 e. The van der Waals surface area contributed by atoms with Crippen LogP contribution in [0.25, 0.3) is 0 Å². The van der Waals surface area contributed by atoms with Gasteiger partial charge in [-0.3, -0.25) is 15.0 Å². The van der Waals surface area contributed by atoms with Crippen molar-refractivity contribution in [3.63, 3.8) is 0 Å². The third kappa shape index (κ3) is 2.42. The third-order valence-electron chi connectivity index (χ3n) is 3.06. The van der Waals surface area contributed by atoms with Crippen LogP contribution in [0.1, 0.15) is 11.6 Å². The van der Waals surface area contributed by atoms with Crippen LogP contribution in [-0.2, 0) is 0 Å². The molecule has 0 amide bonds. The maximum absolute atomic E-state index is 13.7. The molecule has 1 aromatic carbocycles. The molecule has 1 fully saturated rings. The normalized spacial score (nSPS) is 21.4. The number of halogens is 1. The Morgan fingerprint density at radius 3 is 3.00 bits per heavy atom. The van der Waals surface area contributed by atoms with Gasteiger partial charge < -0.3 is 5.32 Å². The molecule has 2 rings (SSSR count). The molecule has 0 aliphatic carbocycles. The predicted octanol–water partition coefficient (Wildman–Crippen LogP) is 1.31. The smallest absolute Gasteiger partial charge is 0.269 e. The van der Waals surface area contributed by atoms with Gasteiger partial charge in [0, 0.05) is 37.3 Å². The summed E-state index contributed by atoms with van der Waals surface area (Å²) in [5.41, 5.74) is 0.314. The molecule has 1 N–H and O–H groups in total. The van der Waals surface area contributed by atoms with E-state index in [0.717, 1.165) is 19.2 Å². The number of nitrogens with one attached hydrogen (secondary N) is 1. The zero-order valence-electron chi connectivity index (χ0n) is 9.52. The number of nitrogens with zero attached hydrogens (tertiary/aromatic N) is 2. The zero-order chi connectivity index (χ0) is 12.4. The summed E-state index contributed by atoms with van der Waals surface area (Å²) in [5.74, 6) is -0.392. The van der Waals surface area contributed by atoms with E-state index in [4.69, 9.17) is 0 Å². The minimum atomic E-state index is -0.501. The predicted molar refractivity (Wildman–Crippen MR) is 61.3 cm³/mol. The number of hydrogen-bond acceptors (Lipinski definition) is 4. The standard InChI is InChI=1S/C11H14FN3O2/c1-14-5-4-13-7-11(14)9-6-8(15(16)17)2-3-10(9)12/h2-3,6,11,13H,4-5,7H2,1H3. The molecule has 1 saturated heterocycles. The molecule has 17 heavy (non-hydrogen) atoms. The number of nitro groups is 1. The van der Waals surface area contributed by atoms with E-state index in [9.17, 15) is 14.5 Å². The van der Waals surface area contributed by atoms with Gasteiger partial charge in [-0.1, -0.05) is 0 Å². The van der Waals surface area contributed by atoms with Crippen molar-refractivity contribution in [1.82, 2.24) is 10.2 Å². The average molecular weight is 239 g/mol. The van der Waals surface area contributed by atoms with Crippen molar-refractivity contribution in [2.24, 2.45) is 0 Å². The van der Waals surface area contributed by atoms with Crippen LogP contribution in [0.5, 0.6) is 0 Å². The summed E-state index contributed by atoms with van der Waals surface area (Å²) in [4.78, 5) is 12.2. The lowest BCUT2D eigenvalue weighted by molar-refractivity contribution is -0.385. The molecule has 1 heterocycles. The highest BCUT2D eigenvalue weighted by molar-refractivity contribution is 5.37. The summed E-state index contributed by atoms with van der Waals surface area (Å²) in [6.07, 6.45) is 0. The molecule has 1 aromatic rings. The number of rotatable bonds is 2. The molecule has 92 valence electrons. The van der Waals surface area contributed by atoms with E-state index in [1.54, 1.807) is 0 Å². The molecule has 1 unspecified atom stereocenters. The second-order valence-corrected chi connectivity index (χ2v) is 4.16. The quantitative estimate of drug-likeness (QED) is 0.624. The lowest BCUT2D eigenvalue weighted by atomic mass is 10.0. The van der Waals surface area contributed by atoms with E-state index < -0.39 is 10.7 Å². The SMILES string of the molecule is CN1CCNCC1c1cc([N+](=O)[O-])ccc1F. The van der Waals surface area contributed by atoms with Gasteiger partial charge in [0.1, 0.15) is 5.82 Å². The highest BCUT2D eigenvalue weighted by Crippen LogP contribution is 2.26. The highest BCUT2D eigenvalue weighted by atomic mass is 19.1. The fourth-order valence-electron chi connectivity index (χ4n) is 2.05. The van der Waals surface area contributed by atoms with Gasteiger partial charge >= 0.3 is 0 Å². The first kappa shape index (κ1) is 11.9. The molecule has 1 atom stereocenters.